The number of nitrogens with zero attached hydrogens (tertiary/aromatic N) is 3. The van der Waals surface area contributed by atoms with Crippen LogP contribution in [0.2, 0.25) is 0 Å². The molecule has 6 N–H and O–H groups in total. The molecule has 0 amide bonds. The first kappa shape index (κ1) is 53.3. The molecule has 0 spiro atoms. The maximum absolute atomic E-state index is 11.6. The molecule has 4 aliphatic heterocycles. The number of benzene rings is 5. The number of aliphatic hydroxyl groups excluding tert-OH is 2. The van der Waals surface area contributed by atoms with Crippen molar-refractivity contribution in [3.8, 4) is 0 Å². The van der Waals surface area contributed by atoms with Crippen molar-refractivity contribution >= 4 is 15.8 Å². The Morgan fingerprint density at radius 1 is 0.609 bits per heavy atom. The van der Waals surface area contributed by atoms with E-state index in [1.165, 1.54) is 18.2 Å². The van der Waals surface area contributed by atoms with Gasteiger partial charge in [0.05, 0.1) is 96.3 Å². The minimum absolute atomic E-state index is 0.0645. The summed E-state index contributed by atoms with van der Waals surface area (Å²) in [7, 11) is -3.96. The van der Waals surface area contributed by atoms with Crippen LogP contribution in [0.25, 0.3) is 0 Å². The van der Waals surface area contributed by atoms with Gasteiger partial charge < -0.3 is 45.4 Å². The molecule has 0 radical (unpaired) electrons. The summed E-state index contributed by atoms with van der Waals surface area (Å²) in [5.74, 6) is 0. The molecule has 17 nitrogen and oxygen atoms in total. The van der Waals surface area contributed by atoms with E-state index >= 15 is 0 Å². The van der Waals surface area contributed by atoms with E-state index in [1.54, 1.807) is 0 Å². The van der Waals surface area contributed by atoms with E-state index in [0.717, 1.165) is 41.4 Å². The van der Waals surface area contributed by atoms with Gasteiger partial charge in [-0.15, -0.1) is 0 Å². The van der Waals surface area contributed by atoms with Crippen LogP contribution >= 0.6 is 0 Å². The molecule has 9 atom stereocenters. The van der Waals surface area contributed by atoms with Crippen molar-refractivity contribution in [3.63, 3.8) is 0 Å². The summed E-state index contributed by atoms with van der Waals surface area (Å²) >= 11 is 0. The van der Waals surface area contributed by atoms with Gasteiger partial charge >= 0.3 is 0 Å². The SMILES string of the molecule is N[C@H](COCc1ccccc1)[C@H](N)COCc1ccccc1.O=[N+]([O-])c1cccc(S(=O)(=O)OC[C@@H]2CO2)c1.OCC1CN2C(CO)CN1C(COCc1ccccc1)C2COCc1ccccc1. The normalized spacial score (nSPS) is 22.3. The number of fused-ring (bicyclic) bond motifs is 3. The monoisotopic (exact) mass is 971 g/mol. The highest BCUT2D eigenvalue weighted by Crippen LogP contribution is 2.31. The molecule has 69 heavy (non-hydrogen) atoms. The van der Waals surface area contributed by atoms with Gasteiger partial charge in [-0.3, -0.25) is 24.1 Å². The third-order valence-corrected chi connectivity index (χ3v) is 13.1. The first-order valence-electron chi connectivity index (χ1n) is 23.0. The number of nitro groups is 1. The summed E-state index contributed by atoms with van der Waals surface area (Å²) < 4.78 is 56.2. The fraction of sp³-hybridized carbons (Fsp3) is 0.412. The zero-order valence-electron chi connectivity index (χ0n) is 38.7. The number of nitro benzene ring substituents is 1. The number of rotatable bonds is 24. The van der Waals surface area contributed by atoms with Crippen molar-refractivity contribution in [2.75, 3.05) is 65.9 Å². The van der Waals surface area contributed by atoms with Crippen LogP contribution in [-0.2, 0) is 64.4 Å². The minimum Gasteiger partial charge on any atom is -0.395 e. The fourth-order valence-corrected chi connectivity index (χ4v) is 8.88. The van der Waals surface area contributed by atoms with Crippen LogP contribution in [0.1, 0.15) is 22.3 Å². The lowest BCUT2D eigenvalue weighted by atomic mass is 9.90. The third kappa shape index (κ3) is 17.4. The molecule has 9 rings (SSSR count). The summed E-state index contributed by atoms with van der Waals surface area (Å²) in [6.07, 6.45) is -0.191. The lowest BCUT2D eigenvalue weighted by Crippen LogP contribution is -2.76. The van der Waals surface area contributed by atoms with E-state index in [0.29, 0.717) is 59.5 Å². The molecule has 5 aromatic carbocycles. The summed E-state index contributed by atoms with van der Waals surface area (Å²) in [4.78, 5) is 14.3. The highest BCUT2D eigenvalue weighted by Gasteiger charge is 2.49. The quantitative estimate of drug-likeness (QED) is 0.0292. The Labute approximate surface area is 404 Å². The number of aliphatic hydroxyl groups is 2. The maximum atomic E-state index is 11.6. The lowest BCUT2D eigenvalue weighted by Gasteiger charge is -2.59. The first-order valence-corrected chi connectivity index (χ1v) is 24.4. The van der Waals surface area contributed by atoms with Gasteiger partial charge in [-0.25, -0.2) is 0 Å². The summed E-state index contributed by atoms with van der Waals surface area (Å²) in [6.45, 7) is 6.34. The van der Waals surface area contributed by atoms with Crippen LogP contribution in [0, 0.1) is 10.1 Å². The van der Waals surface area contributed by atoms with Crippen molar-refractivity contribution in [3.05, 3.63) is 178 Å². The van der Waals surface area contributed by atoms with Crippen molar-refractivity contribution in [1.29, 1.82) is 0 Å². The van der Waals surface area contributed by atoms with Crippen molar-refractivity contribution < 1.29 is 51.4 Å². The van der Waals surface area contributed by atoms with E-state index in [4.69, 9.17) is 39.3 Å². The summed E-state index contributed by atoms with van der Waals surface area (Å²) in [6, 6.07) is 45.0. The number of hydrogen-bond acceptors (Lipinski definition) is 16. The molecule has 4 fully saturated rings. The Balaban J connectivity index is 0.000000178. The molecule has 2 bridgehead atoms. The third-order valence-electron chi connectivity index (χ3n) is 11.8. The molecule has 0 aliphatic carbocycles. The molecular formula is C51H65N5O12S. The number of non-ortho nitro benzene ring substituents is 1. The predicted molar refractivity (Wildman–Crippen MR) is 259 cm³/mol. The van der Waals surface area contributed by atoms with Gasteiger partial charge in [0.2, 0.25) is 0 Å². The molecule has 6 unspecified atom stereocenters. The van der Waals surface area contributed by atoms with E-state index in [9.17, 15) is 28.7 Å². The average molecular weight is 972 g/mol. The van der Waals surface area contributed by atoms with Crippen LogP contribution in [-0.4, -0.2) is 142 Å². The van der Waals surface area contributed by atoms with Gasteiger partial charge in [-0.2, -0.15) is 8.42 Å². The van der Waals surface area contributed by atoms with Gasteiger partial charge in [-0.1, -0.05) is 127 Å². The highest BCUT2D eigenvalue weighted by molar-refractivity contribution is 7.86. The average Bonchev–Trinajstić information content (AvgIpc) is 4.23. The number of nitrogens with two attached hydrogens (primary N) is 2. The van der Waals surface area contributed by atoms with Crippen LogP contribution in [0.4, 0.5) is 5.69 Å². The van der Waals surface area contributed by atoms with E-state index in [1.807, 2.05) is 97.1 Å². The minimum atomic E-state index is -3.96. The molecule has 5 aromatic rings. The Hall–Kier alpha value is -5.03. The second kappa shape index (κ2) is 28.0. The second-order valence-corrected chi connectivity index (χ2v) is 18.6. The smallest absolute Gasteiger partial charge is 0.297 e. The number of epoxide rings is 1. The fourth-order valence-electron chi connectivity index (χ4n) is 7.90. The first-order chi connectivity index (χ1) is 33.5. The number of hydrogen-bond donors (Lipinski definition) is 4. The van der Waals surface area contributed by atoms with E-state index < -0.39 is 15.0 Å². The Bertz CT molecular complexity index is 2220. The van der Waals surface area contributed by atoms with Gasteiger partial charge in [-0.05, 0) is 28.3 Å². The zero-order chi connectivity index (χ0) is 48.9. The molecule has 4 saturated heterocycles. The van der Waals surface area contributed by atoms with Crippen molar-refractivity contribution in [1.82, 2.24) is 9.80 Å². The molecule has 372 valence electrons. The second-order valence-electron chi connectivity index (χ2n) is 17.0. The van der Waals surface area contributed by atoms with Crippen LogP contribution < -0.4 is 11.5 Å². The highest BCUT2D eigenvalue weighted by atomic mass is 32.2. The Morgan fingerprint density at radius 2 is 1.00 bits per heavy atom. The van der Waals surface area contributed by atoms with Crippen LogP contribution in [0.3, 0.4) is 0 Å². The van der Waals surface area contributed by atoms with Crippen molar-refractivity contribution in [2.24, 2.45) is 11.5 Å². The molecule has 0 aromatic heterocycles. The van der Waals surface area contributed by atoms with E-state index in [2.05, 4.69) is 34.1 Å². The van der Waals surface area contributed by atoms with E-state index in [-0.39, 0.29) is 72.8 Å². The Kier molecular flexibility index (Phi) is 21.6. The number of ether oxygens (including phenoxy) is 5. The Morgan fingerprint density at radius 3 is 1.36 bits per heavy atom. The van der Waals surface area contributed by atoms with Crippen molar-refractivity contribution in [2.45, 2.75) is 73.7 Å². The molecular weight excluding hydrogens is 907 g/mol. The topological polar surface area (TPSA) is 235 Å². The lowest BCUT2D eigenvalue weighted by molar-refractivity contribution is -0.385. The standard InChI is InChI=1S/C24H32N2O4.C18H24N2O2.C9H9NO6S/c27-13-21-12-26-22(14-28)11-25(21)23(17-29-15-19-7-3-1-4-8-19)24(26)18-30-16-20-9-5-2-6-10-20;19-17(13-21-11-15-7-3-1-4-8-15)18(20)14-22-12-16-9-5-2-6-10-16;11-10(12)7-2-1-3-9(4-7)17(13,14)16-6-8-5-15-8/h1-10,21-24,27-28H,11-18H2;1-10,17-18H,11-14,19-20H2;1-4,8H,5-6H2/t;17-,18-;8-/m.10/s1. The van der Waals surface area contributed by atoms with Crippen LogP contribution in [0.5, 0.6) is 0 Å². The van der Waals surface area contributed by atoms with Gasteiger partial charge in [0.25, 0.3) is 15.8 Å². The van der Waals surface area contributed by atoms with Gasteiger partial charge in [0.1, 0.15) is 11.0 Å². The molecule has 4 aliphatic rings. The predicted octanol–water partition coefficient (Wildman–Crippen LogP) is 4.28. The zero-order valence-corrected chi connectivity index (χ0v) is 39.5. The van der Waals surface area contributed by atoms with Gasteiger partial charge in [0.15, 0.2) is 0 Å². The van der Waals surface area contributed by atoms with Gasteiger partial charge in [0, 0.05) is 49.4 Å². The summed E-state index contributed by atoms with van der Waals surface area (Å²) in [5.41, 5.74) is 16.3. The number of piperazine rings is 3. The largest absolute Gasteiger partial charge is 0.395 e. The summed E-state index contributed by atoms with van der Waals surface area (Å²) in [5, 5.41) is 30.3. The molecule has 0 saturated carbocycles. The molecule has 4 heterocycles. The molecule has 18 heteroatoms. The van der Waals surface area contributed by atoms with Crippen LogP contribution in [0.15, 0.2) is 150 Å². The maximum Gasteiger partial charge on any atom is 0.297 e.